The summed E-state index contributed by atoms with van der Waals surface area (Å²) in [6, 6.07) is 12.5. The number of hydrogen-bond donors (Lipinski definition) is 4. The number of anilines is 1. The third kappa shape index (κ3) is 5.46. The van der Waals surface area contributed by atoms with Crippen LogP contribution < -0.4 is 5.32 Å². The first kappa shape index (κ1) is 25.1. The van der Waals surface area contributed by atoms with E-state index in [-0.39, 0.29) is 18.1 Å². The molecule has 2 amide bonds. The van der Waals surface area contributed by atoms with Crippen molar-refractivity contribution in [3.63, 3.8) is 0 Å². The highest BCUT2D eigenvalue weighted by molar-refractivity contribution is 6.45. The predicted molar refractivity (Wildman–Crippen MR) is 133 cm³/mol. The molecule has 36 heavy (non-hydrogen) atoms. The Morgan fingerprint density at radius 3 is 2.36 bits per heavy atom. The van der Waals surface area contributed by atoms with Crippen LogP contribution in [0.3, 0.4) is 0 Å². The van der Waals surface area contributed by atoms with E-state index in [9.17, 15) is 29.4 Å². The number of nitrogens with one attached hydrogen (secondary N) is 2. The van der Waals surface area contributed by atoms with Gasteiger partial charge in [0.2, 0.25) is 5.91 Å². The fraction of sp³-hybridized carbons (Fsp3) is 0.333. The van der Waals surface area contributed by atoms with Crippen LogP contribution in [0.25, 0.3) is 10.9 Å². The molecule has 188 valence electrons. The summed E-state index contributed by atoms with van der Waals surface area (Å²) in [5, 5.41) is 22.2. The number of aliphatic carboxylic acids is 1. The van der Waals surface area contributed by atoms with Gasteiger partial charge in [-0.2, -0.15) is 0 Å². The van der Waals surface area contributed by atoms with E-state index >= 15 is 0 Å². The highest BCUT2D eigenvalue weighted by Gasteiger charge is 2.40. The van der Waals surface area contributed by atoms with Crippen LogP contribution in [0, 0.1) is 5.92 Å². The molecule has 0 saturated heterocycles. The number of fused-ring (bicyclic) bond motifs is 1. The first-order valence-electron chi connectivity index (χ1n) is 12.0. The number of ketones is 1. The molecule has 9 nitrogen and oxygen atoms in total. The van der Waals surface area contributed by atoms with Crippen molar-refractivity contribution in [2.45, 2.75) is 44.8 Å². The number of rotatable bonds is 9. The van der Waals surface area contributed by atoms with Gasteiger partial charge in [0.1, 0.15) is 12.6 Å². The molecule has 3 aromatic rings. The molecule has 0 bridgehead atoms. The first-order chi connectivity index (χ1) is 17.4. The lowest BCUT2D eigenvalue weighted by atomic mass is 9.82. The molecule has 1 aliphatic carbocycles. The average molecular weight is 492 g/mol. The minimum absolute atomic E-state index is 0.133. The molecule has 1 fully saturated rings. The highest BCUT2D eigenvalue weighted by atomic mass is 16.4. The number of H-pyrrole nitrogens is 1. The second-order valence-corrected chi connectivity index (χ2v) is 9.09. The maximum atomic E-state index is 13.6. The van der Waals surface area contributed by atoms with E-state index in [1.165, 1.54) is 6.20 Å². The Hall–Kier alpha value is -3.98. The zero-order valence-electron chi connectivity index (χ0n) is 19.8. The molecular weight excluding hydrogens is 462 g/mol. The Balaban J connectivity index is 1.67. The standard InChI is InChI=1S/C27H29N3O6/c31-16-17-10-12-19(13-11-17)29-26(35)24(18-6-2-1-3-7-18)30(15-23(32)33)27(36)25(34)21-14-28-22-9-5-4-8-20(21)22/h4-5,8-14,18,24,28,31H,1-3,6-7,15-16H2,(H,29,35)(H,32,33). The molecule has 0 aliphatic heterocycles. The van der Waals surface area contributed by atoms with E-state index in [0.717, 1.165) is 24.2 Å². The topological polar surface area (TPSA) is 140 Å². The molecule has 1 heterocycles. The summed E-state index contributed by atoms with van der Waals surface area (Å²) in [4.78, 5) is 56.1. The number of amides is 2. The highest BCUT2D eigenvalue weighted by Crippen LogP contribution is 2.31. The molecule has 2 aromatic carbocycles. The Morgan fingerprint density at radius 1 is 1.00 bits per heavy atom. The number of aliphatic hydroxyl groups is 1. The Morgan fingerprint density at radius 2 is 1.69 bits per heavy atom. The van der Waals surface area contributed by atoms with Crippen molar-refractivity contribution in [2.75, 3.05) is 11.9 Å². The minimum Gasteiger partial charge on any atom is -0.480 e. The summed E-state index contributed by atoms with van der Waals surface area (Å²) in [6.07, 6.45) is 5.42. The molecule has 1 atom stereocenters. The van der Waals surface area contributed by atoms with E-state index in [2.05, 4.69) is 10.3 Å². The molecule has 0 radical (unpaired) electrons. The van der Waals surface area contributed by atoms with Crippen molar-refractivity contribution < 1.29 is 29.4 Å². The van der Waals surface area contributed by atoms with Gasteiger partial charge in [0, 0.05) is 22.8 Å². The van der Waals surface area contributed by atoms with Crippen LogP contribution in [0.4, 0.5) is 5.69 Å². The van der Waals surface area contributed by atoms with Gasteiger partial charge in [-0.3, -0.25) is 19.2 Å². The van der Waals surface area contributed by atoms with E-state index < -0.39 is 36.2 Å². The van der Waals surface area contributed by atoms with Gasteiger partial charge in [0.15, 0.2) is 0 Å². The Bertz CT molecular complexity index is 1260. The van der Waals surface area contributed by atoms with E-state index in [4.69, 9.17) is 0 Å². The number of Topliss-reactive ketones (excluding diaryl/α,β-unsaturated/α-hetero) is 1. The Kier molecular flexibility index (Phi) is 7.80. The zero-order valence-corrected chi connectivity index (χ0v) is 19.8. The SMILES string of the molecule is O=C(O)CN(C(=O)C(=O)c1c[nH]c2ccccc12)C(C(=O)Nc1ccc(CO)cc1)C1CCCCC1. The van der Waals surface area contributed by atoms with Crippen LogP contribution in [0.2, 0.25) is 0 Å². The fourth-order valence-corrected chi connectivity index (χ4v) is 4.92. The van der Waals surface area contributed by atoms with Gasteiger partial charge in [0.05, 0.1) is 12.2 Å². The van der Waals surface area contributed by atoms with Crippen LogP contribution in [-0.4, -0.2) is 56.3 Å². The van der Waals surface area contributed by atoms with Crippen molar-refractivity contribution in [2.24, 2.45) is 5.92 Å². The number of para-hydroxylation sites is 1. The summed E-state index contributed by atoms with van der Waals surface area (Å²) >= 11 is 0. The lowest BCUT2D eigenvalue weighted by molar-refractivity contribution is -0.147. The molecular formula is C27H29N3O6. The average Bonchev–Trinajstić information content (AvgIpc) is 3.32. The Labute approximate surface area is 208 Å². The maximum Gasteiger partial charge on any atom is 0.323 e. The minimum atomic E-state index is -1.31. The summed E-state index contributed by atoms with van der Waals surface area (Å²) in [7, 11) is 0. The predicted octanol–water partition coefficient (Wildman–Crippen LogP) is 3.34. The molecule has 1 unspecified atom stereocenters. The van der Waals surface area contributed by atoms with Gasteiger partial charge in [-0.15, -0.1) is 0 Å². The van der Waals surface area contributed by atoms with Gasteiger partial charge < -0.3 is 25.4 Å². The molecule has 4 rings (SSSR count). The van der Waals surface area contributed by atoms with Crippen molar-refractivity contribution in [3.05, 3.63) is 65.9 Å². The lowest BCUT2D eigenvalue weighted by Gasteiger charge is -2.36. The van der Waals surface area contributed by atoms with Gasteiger partial charge in [-0.05, 0) is 42.5 Å². The molecule has 0 spiro atoms. The number of hydrogen-bond acceptors (Lipinski definition) is 5. The van der Waals surface area contributed by atoms with Crippen LogP contribution >= 0.6 is 0 Å². The van der Waals surface area contributed by atoms with Gasteiger partial charge in [-0.1, -0.05) is 49.6 Å². The number of carboxylic acids is 1. The van der Waals surface area contributed by atoms with E-state index in [0.29, 0.717) is 35.0 Å². The number of nitrogens with zero attached hydrogens (tertiary/aromatic N) is 1. The van der Waals surface area contributed by atoms with Crippen molar-refractivity contribution in [3.8, 4) is 0 Å². The van der Waals surface area contributed by atoms with Crippen LogP contribution in [0.1, 0.15) is 48.0 Å². The summed E-state index contributed by atoms with van der Waals surface area (Å²) < 4.78 is 0. The largest absolute Gasteiger partial charge is 0.480 e. The summed E-state index contributed by atoms with van der Waals surface area (Å²) in [6.45, 7) is -0.916. The number of carbonyl (C=O) groups is 4. The molecule has 1 saturated carbocycles. The third-order valence-corrected chi connectivity index (χ3v) is 6.70. The first-order valence-corrected chi connectivity index (χ1v) is 12.0. The number of carboxylic acid groups (broad SMARTS) is 1. The molecule has 4 N–H and O–H groups in total. The fourth-order valence-electron chi connectivity index (χ4n) is 4.92. The second kappa shape index (κ2) is 11.2. The normalized spacial score (nSPS) is 14.8. The maximum absolute atomic E-state index is 13.6. The van der Waals surface area contributed by atoms with E-state index in [1.54, 1.807) is 48.5 Å². The van der Waals surface area contributed by atoms with Crippen molar-refractivity contribution in [1.82, 2.24) is 9.88 Å². The molecule has 9 heteroatoms. The summed E-state index contributed by atoms with van der Waals surface area (Å²) in [5.41, 5.74) is 1.92. The monoisotopic (exact) mass is 491 g/mol. The quantitative estimate of drug-likeness (QED) is 0.267. The van der Waals surface area contributed by atoms with Gasteiger partial charge in [-0.25, -0.2) is 0 Å². The number of aromatic amines is 1. The van der Waals surface area contributed by atoms with Crippen molar-refractivity contribution in [1.29, 1.82) is 0 Å². The van der Waals surface area contributed by atoms with Crippen LogP contribution in [0.5, 0.6) is 0 Å². The smallest absolute Gasteiger partial charge is 0.323 e. The number of carbonyl (C=O) groups excluding carboxylic acids is 3. The van der Waals surface area contributed by atoms with Crippen LogP contribution in [-0.2, 0) is 21.0 Å². The summed E-state index contributed by atoms with van der Waals surface area (Å²) in [5.74, 6) is -4.02. The zero-order chi connectivity index (χ0) is 25.7. The van der Waals surface area contributed by atoms with Gasteiger partial charge >= 0.3 is 5.97 Å². The number of aliphatic hydroxyl groups excluding tert-OH is 1. The number of benzene rings is 2. The number of aromatic nitrogens is 1. The van der Waals surface area contributed by atoms with Gasteiger partial charge in [0.25, 0.3) is 11.7 Å². The molecule has 1 aromatic heterocycles. The van der Waals surface area contributed by atoms with Crippen LogP contribution in [0.15, 0.2) is 54.7 Å². The van der Waals surface area contributed by atoms with Crippen molar-refractivity contribution >= 4 is 40.2 Å². The lowest BCUT2D eigenvalue weighted by Crippen LogP contribution is -2.55. The third-order valence-electron chi connectivity index (χ3n) is 6.70. The second-order valence-electron chi connectivity index (χ2n) is 9.09. The molecule has 1 aliphatic rings. The van der Waals surface area contributed by atoms with E-state index in [1.807, 2.05) is 0 Å².